The molecular weight excluding hydrogens is 1320 g/mol. The SMILES string of the molecule is CC1(C)CCC(C)(C)c2cc(CBr)ccc21.CC1(C)CCC(C)(C)c2cc(COc3ccc(C(CC(=O)O)c4c(F)cccc4F)cc3)ccc21.CCOC(=O)CC(c1ccc(O)cc1)c1c(F)cccc1F.O=CO[O-].[Cs+].[Cs+].[H-]. The van der Waals surface area contributed by atoms with Crippen LogP contribution in [0, 0.1) is 23.3 Å². The van der Waals surface area contributed by atoms with Gasteiger partial charge in [0, 0.05) is 28.3 Å². The van der Waals surface area contributed by atoms with Gasteiger partial charge in [-0.2, -0.15) is 0 Å². The van der Waals surface area contributed by atoms with Crippen molar-refractivity contribution in [2.75, 3.05) is 6.61 Å². The average Bonchev–Trinajstić information content (AvgIpc) is 3.43. The van der Waals surface area contributed by atoms with Gasteiger partial charge in [0.2, 0.25) is 0 Å². The summed E-state index contributed by atoms with van der Waals surface area (Å²) in [4.78, 5) is 34.4. The van der Waals surface area contributed by atoms with Gasteiger partial charge in [0.15, 0.2) is 0 Å². The first-order valence-electron chi connectivity index (χ1n) is 25.6. The first-order chi connectivity index (χ1) is 36.3. The van der Waals surface area contributed by atoms with Gasteiger partial charge < -0.3 is 31.3 Å². The number of rotatable bonds is 14. The predicted octanol–water partition coefficient (Wildman–Crippen LogP) is 8.74. The summed E-state index contributed by atoms with van der Waals surface area (Å²) in [5, 5.41) is 28.1. The first kappa shape index (κ1) is 70.9. The number of carboxylic acids is 1. The monoisotopic (exact) mass is 1390 g/mol. The maximum absolute atomic E-state index is 14.4. The quantitative estimate of drug-likeness (QED) is 0.0274. The molecule has 0 aliphatic heterocycles. The van der Waals surface area contributed by atoms with Crippen LogP contribution in [-0.2, 0) is 57.6 Å². The second-order valence-corrected chi connectivity index (χ2v) is 22.6. The number of ether oxygens (including phenoxy) is 2. The molecule has 0 radical (unpaired) electrons. The summed E-state index contributed by atoms with van der Waals surface area (Å²) in [6, 6.07) is 33.4. The number of benzene rings is 6. The summed E-state index contributed by atoms with van der Waals surface area (Å²) in [6.45, 7) is 20.7. The number of aromatic hydroxyl groups is 1. The average molecular weight is 1390 g/mol. The van der Waals surface area contributed by atoms with E-state index < -0.39 is 53.5 Å². The second kappa shape index (κ2) is 32.0. The maximum atomic E-state index is 14.4. The number of aliphatic carboxylic acids is 1. The molecule has 16 heteroatoms. The minimum atomic E-state index is -1.13. The van der Waals surface area contributed by atoms with E-state index in [4.69, 9.17) is 19.5 Å². The maximum Gasteiger partial charge on any atom is 1.00 e. The molecular formula is C63H71BrCs2F4O9. The van der Waals surface area contributed by atoms with Crippen molar-refractivity contribution in [3.05, 3.63) is 200 Å². The summed E-state index contributed by atoms with van der Waals surface area (Å²) >= 11 is 3.55. The van der Waals surface area contributed by atoms with E-state index in [2.05, 4.69) is 113 Å². The normalized spacial score (nSPS) is 15.4. The molecule has 6 aromatic rings. The van der Waals surface area contributed by atoms with Crippen LogP contribution in [0.2, 0.25) is 0 Å². The Morgan fingerprint density at radius 2 is 1.00 bits per heavy atom. The number of fused-ring (bicyclic) bond motifs is 2. The van der Waals surface area contributed by atoms with Gasteiger partial charge in [-0.05, 0) is 147 Å². The zero-order chi connectivity index (χ0) is 56.9. The van der Waals surface area contributed by atoms with Crippen molar-refractivity contribution in [2.45, 2.75) is 146 Å². The third-order valence-electron chi connectivity index (χ3n) is 14.8. The van der Waals surface area contributed by atoms with E-state index in [-0.39, 0.29) is 186 Å². The second-order valence-electron chi connectivity index (χ2n) is 22.1. The smallest absolute Gasteiger partial charge is 1.00 e. The summed E-state index contributed by atoms with van der Waals surface area (Å²) < 4.78 is 67.8. The Hall–Kier alpha value is -2.41. The van der Waals surface area contributed by atoms with Crippen LogP contribution in [-0.4, -0.2) is 35.2 Å². The van der Waals surface area contributed by atoms with Crippen molar-refractivity contribution in [2.24, 2.45) is 0 Å². The number of hydrogen-bond acceptors (Lipinski definition) is 8. The number of phenols is 1. The van der Waals surface area contributed by atoms with Gasteiger partial charge >= 0.3 is 150 Å². The number of esters is 1. The number of halogens is 5. The molecule has 8 rings (SSSR count). The molecule has 9 nitrogen and oxygen atoms in total. The van der Waals surface area contributed by atoms with Crippen molar-refractivity contribution >= 4 is 34.3 Å². The minimum absolute atomic E-state index is 0. The van der Waals surface area contributed by atoms with E-state index in [1.165, 1.54) is 65.9 Å². The molecule has 0 bridgehead atoms. The largest absolute Gasteiger partial charge is 1.00 e. The van der Waals surface area contributed by atoms with Gasteiger partial charge in [-0.25, -0.2) is 17.6 Å². The molecule has 2 N–H and O–H groups in total. The summed E-state index contributed by atoms with van der Waals surface area (Å²) in [6.07, 6.45) is 4.28. The van der Waals surface area contributed by atoms with Crippen LogP contribution in [0.3, 0.4) is 0 Å². The summed E-state index contributed by atoms with van der Waals surface area (Å²) in [7, 11) is 0. The molecule has 0 spiro atoms. The molecule has 0 heterocycles. The molecule has 0 amide bonds. The van der Waals surface area contributed by atoms with E-state index in [1.54, 1.807) is 42.3 Å². The fraction of sp³-hybridized carbons (Fsp3) is 0.381. The summed E-state index contributed by atoms with van der Waals surface area (Å²) in [5.41, 5.74) is 9.92. The Labute approximate surface area is 590 Å². The molecule has 2 aliphatic carbocycles. The first-order valence-corrected chi connectivity index (χ1v) is 26.7. The van der Waals surface area contributed by atoms with E-state index in [1.807, 2.05) is 0 Å². The Kier molecular flexibility index (Phi) is 28.7. The van der Waals surface area contributed by atoms with Gasteiger partial charge in [-0.3, -0.25) is 14.4 Å². The van der Waals surface area contributed by atoms with Crippen molar-refractivity contribution in [3.63, 3.8) is 0 Å². The number of carbonyl (C=O) groups is 3. The molecule has 79 heavy (non-hydrogen) atoms. The fourth-order valence-electron chi connectivity index (χ4n) is 10.1. The molecule has 2 unspecified atom stereocenters. The molecule has 0 fully saturated rings. The van der Waals surface area contributed by atoms with Crippen LogP contribution in [0.4, 0.5) is 17.6 Å². The molecule has 6 aromatic carbocycles. The van der Waals surface area contributed by atoms with E-state index in [0.29, 0.717) is 34.3 Å². The molecule has 2 atom stereocenters. The van der Waals surface area contributed by atoms with Crippen LogP contribution in [0.5, 0.6) is 11.5 Å². The predicted molar refractivity (Wildman–Crippen MR) is 293 cm³/mol. The third-order valence-corrected chi connectivity index (χ3v) is 15.4. The van der Waals surface area contributed by atoms with Gasteiger partial charge in [0.1, 0.15) is 41.4 Å². The molecule has 414 valence electrons. The molecule has 2 aliphatic rings. The van der Waals surface area contributed by atoms with Gasteiger partial charge in [-0.15, -0.1) is 0 Å². The van der Waals surface area contributed by atoms with E-state index >= 15 is 0 Å². The zero-order valence-electron chi connectivity index (χ0n) is 48.3. The van der Waals surface area contributed by atoms with E-state index in [9.17, 15) is 37.4 Å². The molecule has 0 saturated carbocycles. The Balaban J connectivity index is 0.000000417. The number of carbonyl (C=O) groups excluding carboxylic acids is 2. The van der Waals surface area contributed by atoms with Crippen molar-refractivity contribution in [1.82, 2.24) is 0 Å². The van der Waals surface area contributed by atoms with E-state index in [0.717, 1.165) is 48.0 Å². The van der Waals surface area contributed by atoms with Crippen molar-refractivity contribution < 1.29 is 201 Å². The van der Waals surface area contributed by atoms with Crippen LogP contribution < -0.4 is 148 Å². The molecule has 0 saturated heterocycles. The topological polar surface area (TPSA) is 142 Å². The van der Waals surface area contributed by atoms with Crippen LogP contribution in [0.25, 0.3) is 0 Å². The van der Waals surface area contributed by atoms with Crippen LogP contribution >= 0.6 is 15.9 Å². The number of carboxylic acid groups (broad SMARTS) is 1. The van der Waals surface area contributed by atoms with Gasteiger partial charge in [-0.1, -0.05) is 144 Å². The minimum Gasteiger partial charge on any atom is -1.00 e. The van der Waals surface area contributed by atoms with Gasteiger partial charge in [0.25, 0.3) is 6.47 Å². The Morgan fingerprint density at radius 3 is 1.39 bits per heavy atom. The fourth-order valence-corrected chi connectivity index (χ4v) is 10.5. The number of hydrogen-bond donors (Lipinski definition) is 2. The van der Waals surface area contributed by atoms with Gasteiger partial charge in [0.05, 0.1) is 19.4 Å². The molecule has 0 aromatic heterocycles. The summed E-state index contributed by atoms with van der Waals surface area (Å²) in [5.74, 6) is -5.73. The third kappa shape index (κ3) is 19.6. The van der Waals surface area contributed by atoms with Crippen molar-refractivity contribution in [1.29, 1.82) is 0 Å². The van der Waals surface area contributed by atoms with Crippen molar-refractivity contribution in [3.8, 4) is 11.5 Å². The number of phenolic OH excluding ortho intramolecular Hbond substituents is 1. The standard InChI is InChI=1S/C30H32F2O3.C17H16F2O3.C15H21Br.CH2O3.2Cs.H/c1-29(2)14-15-30(3,4)24-16-19(8-13-23(24)29)18-35-21-11-9-20(10-12-21)22(17-27(33)34)28-25(31)6-5-7-26(28)32;1-2-22-16(21)10-13(11-6-8-12(20)9-7-11)17-14(18)4-3-5-15(17)19;1-14(2)7-8-15(3,4)13-9-11(10-16)5-6-12(13)14;2-1-4-3;;;/h5-13,16,22H,14-15,17-18H2,1-4H3,(H,33,34);3-9,13,20H,2,10H2,1H3;5-6,9H,7-8,10H2,1-4H3;1,3H;;;/q;;;;2*+1;-1/p-1. The zero-order valence-corrected chi connectivity index (χ0v) is 61.4. The number of alkyl halides is 1. The van der Waals surface area contributed by atoms with Crippen LogP contribution in [0.1, 0.15) is 170 Å². The Bertz CT molecular complexity index is 2930. The Morgan fingerprint density at radius 1 is 0.620 bits per heavy atom. The van der Waals surface area contributed by atoms with Crippen LogP contribution in [0.15, 0.2) is 121 Å².